The number of rotatable bonds is 2. The first kappa shape index (κ1) is 14.2. The number of carbonyl (C=O) groups excluding carboxylic acids is 1. The Morgan fingerprint density at radius 1 is 1.10 bits per heavy atom. The molecule has 0 heterocycles. The zero-order valence-electron chi connectivity index (χ0n) is 12.9. The smallest absolute Gasteiger partial charge is 0.170 e. The number of allylic oxidation sites excluding steroid dienone is 2. The summed E-state index contributed by atoms with van der Waals surface area (Å²) >= 11 is 0. The molecule has 1 fully saturated rings. The van der Waals surface area contributed by atoms with Crippen molar-refractivity contribution in [3.05, 3.63) is 34.6 Å². The van der Waals surface area contributed by atoms with E-state index in [0.29, 0.717) is 11.3 Å². The summed E-state index contributed by atoms with van der Waals surface area (Å²) in [6, 6.07) is 3.86. The molecule has 1 N–H and O–H groups in total. The van der Waals surface area contributed by atoms with E-state index in [9.17, 15) is 9.90 Å². The second-order valence-corrected chi connectivity index (χ2v) is 6.26. The number of ketones is 1. The molecule has 21 heavy (non-hydrogen) atoms. The number of ether oxygens (including phenoxy) is 1. The number of carbonyl (C=O) groups is 1. The first-order chi connectivity index (χ1) is 10.0. The van der Waals surface area contributed by atoms with Gasteiger partial charge in [0.1, 0.15) is 11.5 Å². The summed E-state index contributed by atoms with van der Waals surface area (Å²) in [4.78, 5) is 12.8. The fraction of sp³-hybridized carbons (Fsp3) is 0.500. The second kappa shape index (κ2) is 5.21. The molecule has 2 atom stereocenters. The summed E-state index contributed by atoms with van der Waals surface area (Å²) in [6.07, 6.45) is 4.03. The van der Waals surface area contributed by atoms with E-state index in [1.807, 2.05) is 26.0 Å². The van der Waals surface area contributed by atoms with Gasteiger partial charge in [0.05, 0.1) is 12.7 Å². The fourth-order valence-corrected chi connectivity index (χ4v) is 3.96. The van der Waals surface area contributed by atoms with Gasteiger partial charge in [-0.2, -0.15) is 0 Å². The number of hydrogen-bond acceptors (Lipinski definition) is 3. The molecule has 0 spiro atoms. The minimum atomic E-state index is -0.00495. The number of benzene rings is 1. The van der Waals surface area contributed by atoms with Gasteiger partial charge >= 0.3 is 0 Å². The van der Waals surface area contributed by atoms with Gasteiger partial charge in [0.2, 0.25) is 0 Å². The quantitative estimate of drug-likeness (QED) is 0.894. The van der Waals surface area contributed by atoms with Crippen LogP contribution in [0.1, 0.15) is 42.4 Å². The maximum Gasteiger partial charge on any atom is 0.170 e. The van der Waals surface area contributed by atoms with Crippen LogP contribution in [-0.4, -0.2) is 18.0 Å². The molecule has 0 radical (unpaired) electrons. The van der Waals surface area contributed by atoms with Crippen LogP contribution in [0.5, 0.6) is 5.75 Å². The van der Waals surface area contributed by atoms with Crippen molar-refractivity contribution in [3.8, 4) is 5.75 Å². The Kier molecular flexibility index (Phi) is 3.52. The van der Waals surface area contributed by atoms with E-state index < -0.39 is 0 Å². The Morgan fingerprint density at radius 3 is 2.19 bits per heavy atom. The average Bonchev–Trinajstić information content (AvgIpc) is 2.72. The highest BCUT2D eigenvalue weighted by molar-refractivity contribution is 6.25. The van der Waals surface area contributed by atoms with Crippen LogP contribution in [-0.2, 0) is 4.79 Å². The SMILES string of the molecule is COc1cc(C)c(C2=C(O)C3CCCCC3C2=O)c(C)c1. The lowest BCUT2D eigenvalue weighted by molar-refractivity contribution is -0.118. The van der Waals surface area contributed by atoms with Gasteiger partial charge in [0.15, 0.2) is 5.78 Å². The Balaban J connectivity index is 2.11. The molecule has 112 valence electrons. The van der Waals surface area contributed by atoms with Crippen molar-refractivity contribution < 1.29 is 14.6 Å². The third-order valence-corrected chi connectivity index (χ3v) is 4.95. The van der Waals surface area contributed by atoms with Crippen LogP contribution in [0.2, 0.25) is 0 Å². The first-order valence-corrected chi connectivity index (χ1v) is 7.67. The number of aliphatic hydroxyl groups is 1. The highest BCUT2D eigenvalue weighted by Crippen LogP contribution is 2.47. The predicted molar refractivity (Wildman–Crippen MR) is 82.5 cm³/mol. The monoisotopic (exact) mass is 286 g/mol. The maximum atomic E-state index is 12.8. The lowest BCUT2D eigenvalue weighted by Gasteiger charge is -2.23. The lowest BCUT2D eigenvalue weighted by atomic mass is 9.80. The number of fused-ring (bicyclic) bond motifs is 1. The van der Waals surface area contributed by atoms with Crippen LogP contribution in [0, 0.1) is 25.7 Å². The third kappa shape index (κ3) is 2.15. The molecule has 2 unspecified atom stereocenters. The molecule has 3 heteroatoms. The molecule has 0 amide bonds. The number of aryl methyl sites for hydroxylation is 2. The van der Waals surface area contributed by atoms with Gasteiger partial charge in [0.25, 0.3) is 0 Å². The van der Waals surface area contributed by atoms with E-state index in [-0.39, 0.29) is 17.6 Å². The largest absolute Gasteiger partial charge is 0.511 e. The van der Waals surface area contributed by atoms with Crippen LogP contribution in [0.15, 0.2) is 17.9 Å². The zero-order chi connectivity index (χ0) is 15.1. The van der Waals surface area contributed by atoms with Crippen molar-refractivity contribution in [1.29, 1.82) is 0 Å². The molecule has 2 aliphatic carbocycles. The Morgan fingerprint density at radius 2 is 1.67 bits per heavy atom. The van der Waals surface area contributed by atoms with Crippen molar-refractivity contribution in [2.75, 3.05) is 7.11 Å². The van der Waals surface area contributed by atoms with Crippen LogP contribution < -0.4 is 4.74 Å². The first-order valence-electron chi connectivity index (χ1n) is 7.67. The normalized spacial score (nSPS) is 25.2. The van der Waals surface area contributed by atoms with Gasteiger partial charge in [-0.25, -0.2) is 0 Å². The van der Waals surface area contributed by atoms with Crippen LogP contribution in [0.25, 0.3) is 5.57 Å². The molecule has 0 aliphatic heterocycles. The van der Waals surface area contributed by atoms with Crippen LogP contribution in [0.3, 0.4) is 0 Å². The molecule has 1 aromatic rings. The molecule has 3 rings (SSSR count). The highest BCUT2D eigenvalue weighted by atomic mass is 16.5. The molecule has 1 aromatic carbocycles. The Bertz CT molecular complexity index is 604. The van der Waals surface area contributed by atoms with Crippen LogP contribution in [0.4, 0.5) is 0 Å². The topological polar surface area (TPSA) is 46.5 Å². The summed E-state index contributed by atoms with van der Waals surface area (Å²) < 4.78 is 5.28. The summed E-state index contributed by atoms with van der Waals surface area (Å²) in [5.41, 5.74) is 3.43. The van der Waals surface area contributed by atoms with Crippen molar-refractivity contribution in [2.24, 2.45) is 11.8 Å². The molecule has 1 saturated carbocycles. The highest BCUT2D eigenvalue weighted by Gasteiger charge is 2.44. The zero-order valence-corrected chi connectivity index (χ0v) is 12.9. The number of hydrogen-bond donors (Lipinski definition) is 1. The van der Waals surface area contributed by atoms with Gasteiger partial charge in [-0.3, -0.25) is 4.79 Å². The van der Waals surface area contributed by atoms with Crippen molar-refractivity contribution in [2.45, 2.75) is 39.5 Å². The van der Waals surface area contributed by atoms with Crippen LogP contribution >= 0.6 is 0 Å². The van der Waals surface area contributed by atoms with E-state index in [1.165, 1.54) is 0 Å². The van der Waals surface area contributed by atoms with Gasteiger partial charge < -0.3 is 9.84 Å². The van der Waals surface area contributed by atoms with Gasteiger partial charge in [-0.1, -0.05) is 12.8 Å². The minimum absolute atomic E-state index is 0.00495. The van der Waals surface area contributed by atoms with E-state index in [4.69, 9.17) is 4.74 Å². The summed E-state index contributed by atoms with van der Waals surface area (Å²) in [6.45, 7) is 3.95. The van der Waals surface area contributed by atoms with Gasteiger partial charge in [-0.05, 0) is 55.5 Å². The molecule has 0 saturated heterocycles. The summed E-state index contributed by atoms with van der Waals surface area (Å²) in [7, 11) is 1.64. The van der Waals surface area contributed by atoms with Gasteiger partial charge in [-0.15, -0.1) is 0 Å². The maximum absolute atomic E-state index is 12.8. The predicted octanol–water partition coefficient (Wildman–Crippen LogP) is 3.97. The fourth-order valence-electron chi connectivity index (χ4n) is 3.96. The number of aliphatic hydroxyl groups excluding tert-OH is 1. The molecule has 2 aliphatic rings. The molecule has 0 aromatic heterocycles. The third-order valence-electron chi connectivity index (χ3n) is 4.95. The molecule has 0 bridgehead atoms. The van der Waals surface area contributed by atoms with E-state index >= 15 is 0 Å². The Labute approximate surface area is 125 Å². The van der Waals surface area contributed by atoms with Crippen molar-refractivity contribution in [3.63, 3.8) is 0 Å². The van der Waals surface area contributed by atoms with E-state index in [2.05, 4.69) is 0 Å². The molecular formula is C18H22O3. The summed E-state index contributed by atoms with van der Waals surface area (Å²) in [5, 5.41) is 10.6. The minimum Gasteiger partial charge on any atom is -0.511 e. The van der Waals surface area contributed by atoms with E-state index in [1.54, 1.807) is 7.11 Å². The van der Waals surface area contributed by atoms with Gasteiger partial charge in [0, 0.05) is 11.8 Å². The number of methoxy groups -OCH3 is 1. The van der Waals surface area contributed by atoms with E-state index in [0.717, 1.165) is 48.1 Å². The number of Topliss-reactive ketones (excluding diaryl/α,β-unsaturated/α-hetero) is 1. The second-order valence-electron chi connectivity index (χ2n) is 6.26. The molecule has 3 nitrogen and oxygen atoms in total. The van der Waals surface area contributed by atoms with Crippen molar-refractivity contribution >= 4 is 11.4 Å². The average molecular weight is 286 g/mol. The Hall–Kier alpha value is -1.77. The molecular weight excluding hydrogens is 264 g/mol. The lowest BCUT2D eigenvalue weighted by Crippen LogP contribution is -2.21. The summed E-state index contributed by atoms with van der Waals surface area (Å²) in [5.74, 6) is 1.28. The standard InChI is InChI=1S/C18H22O3/c1-10-8-12(21-3)9-11(2)15(10)16-17(19)13-6-4-5-7-14(13)18(16)20/h8-9,13-14,19H,4-7H2,1-3H3. The van der Waals surface area contributed by atoms with Crippen molar-refractivity contribution in [1.82, 2.24) is 0 Å².